The van der Waals surface area contributed by atoms with Crippen molar-refractivity contribution in [3.63, 3.8) is 0 Å². The first-order chi connectivity index (χ1) is 16.1. The van der Waals surface area contributed by atoms with E-state index in [2.05, 4.69) is 17.0 Å². The number of methoxy groups -OCH3 is 1. The third kappa shape index (κ3) is 4.12. The van der Waals surface area contributed by atoms with Crippen LogP contribution in [0.25, 0.3) is 10.2 Å². The van der Waals surface area contributed by atoms with Crippen molar-refractivity contribution in [3.8, 4) is 5.75 Å². The fourth-order valence-corrected chi connectivity index (χ4v) is 6.09. The van der Waals surface area contributed by atoms with E-state index in [9.17, 15) is 9.59 Å². The van der Waals surface area contributed by atoms with Crippen LogP contribution in [0.4, 0.5) is 5.69 Å². The number of thiophene rings is 1. The van der Waals surface area contributed by atoms with Gasteiger partial charge in [0.2, 0.25) is 0 Å². The molecule has 1 aromatic carbocycles. The standard InChI is InChI=1S/C25H30N4O3S/c1-17-21-23(26-20-7-4-3-5-14-29(20)24(21)30)33-22(17)25(31)28-13-6-12-27(15-16-28)18-8-10-19(32-2)11-9-18/h8-11H,3-7,12-16H2,1-2H3. The molecule has 0 saturated carbocycles. The molecule has 0 N–H and O–H groups in total. The zero-order chi connectivity index (χ0) is 22.9. The van der Waals surface area contributed by atoms with Crippen molar-refractivity contribution in [1.29, 1.82) is 0 Å². The number of amides is 1. The Balaban J connectivity index is 1.39. The molecule has 8 heteroatoms. The molecule has 0 aliphatic carbocycles. The normalized spacial score (nSPS) is 16.9. The molecule has 3 aromatic rings. The first-order valence-corrected chi connectivity index (χ1v) is 12.6. The van der Waals surface area contributed by atoms with E-state index in [0.717, 1.165) is 74.6 Å². The summed E-state index contributed by atoms with van der Waals surface area (Å²) in [5, 5.41) is 0.628. The topological polar surface area (TPSA) is 67.7 Å². The quantitative estimate of drug-likeness (QED) is 0.587. The minimum absolute atomic E-state index is 0.0197. The van der Waals surface area contributed by atoms with Gasteiger partial charge in [0, 0.05) is 44.8 Å². The molecule has 174 valence electrons. The summed E-state index contributed by atoms with van der Waals surface area (Å²) in [6, 6.07) is 8.07. The Hall–Kier alpha value is -2.87. The first kappa shape index (κ1) is 21.9. The van der Waals surface area contributed by atoms with Crippen LogP contribution in [-0.4, -0.2) is 53.6 Å². The molecule has 33 heavy (non-hydrogen) atoms. The van der Waals surface area contributed by atoms with Gasteiger partial charge in [-0.2, -0.15) is 0 Å². The van der Waals surface area contributed by atoms with Crippen molar-refractivity contribution >= 4 is 33.1 Å². The molecule has 2 aliphatic rings. The summed E-state index contributed by atoms with van der Waals surface area (Å²) < 4.78 is 7.10. The summed E-state index contributed by atoms with van der Waals surface area (Å²) in [4.78, 5) is 37.2. The molecule has 0 spiro atoms. The van der Waals surface area contributed by atoms with Gasteiger partial charge in [-0.05, 0) is 56.0 Å². The van der Waals surface area contributed by atoms with Gasteiger partial charge in [0.1, 0.15) is 16.4 Å². The van der Waals surface area contributed by atoms with Crippen LogP contribution in [0.2, 0.25) is 0 Å². The number of rotatable bonds is 3. The van der Waals surface area contributed by atoms with Crippen LogP contribution in [0, 0.1) is 6.92 Å². The lowest BCUT2D eigenvalue weighted by Gasteiger charge is -2.23. The minimum Gasteiger partial charge on any atom is -0.497 e. The molecule has 4 heterocycles. The molecule has 0 atom stereocenters. The van der Waals surface area contributed by atoms with Crippen LogP contribution in [0.15, 0.2) is 29.1 Å². The van der Waals surface area contributed by atoms with E-state index < -0.39 is 0 Å². The van der Waals surface area contributed by atoms with E-state index in [1.807, 2.05) is 28.5 Å². The number of aryl methyl sites for hydroxylation is 2. The maximum Gasteiger partial charge on any atom is 0.264 e. The predicted octanol–water partition coefficient (Wildman–Crippen LogP) is 3.85. The lowest BCUT2D eigenvalue weighted by Crippen LogP contribution is -2.35. The molecule has 1 amide bonds. The average Bonchev–Trinajstić information content (AvgIpc) is 3.04. The highest BCUT2D eigenvalue weighted by atomic mass is 32.1. The Bertz CT molecular complexity index is 1230. The van der Waals surface area contributed by atoms with Crippen molar-refractivity contribution in [2.45, 2.75) is 45.6 Å². The van der Waals surface area contributed by atoms with Crippen LogP contribution in [-0.2, 0) is 13.0 Å². The number of hydrogen-bond donors (Lipinski definition) is 0. The summed E-state index contributed by atoms with van der Waals surface area (Å²) in [6.07, 6.45) is 4.93. The lowest BCUT2D eigenvalue weighted by atomic mass is 10.2. The molecule has 1 saturated heterocycles. The second kappa shape index (κ2) is 9.17. The molecule has 0 radical (unpaired) electrons. The number of ether oxygens (including phenoxy) is 1. The minimum atomic E-state index is 0.0197. The highest BCUT2D eigenvalue weighted by molar-refractivity contribution is 7.20. The largest absolute Gasteiger partial charge is 0.497 e. The number of aromatic nitrogens is 2. The molecular formula is C25H30N4O3S. The molecule has 1 fully saturated rings. The fraction of sp³-hybridized carbons (Fsp3) is 0.480. The molecule has 0 unspecified atom stereocenters. The SMILES string of the molecule is COc1ccc(N2CCCN(C(=O)c3sc4nc5n(c(=O)c4c3C)CCCCC5)CC2)cc1. The highest BCUT2D eigenvalue weighted by Gasteiger charge is 2.26. The van der Waals surface area contributed by atoms with E-state index in [4.69, 9.17) is 9.72 Å². The molecule has 2 aliphatic heterocycles. The van der Waals surface area contributed by atoms with E-state index in [1.54, 1.807) is 7.11 Å². The molecule has 7 nitrogen and oxygen atoms in total. The first-order valence-electron chi connectivity index (χ1n) is 11.8. The van der Waals surface area contributed by atoms with Gasteiger partial charge in [-0.25, -0.2) is 4.98 Å². The number of fused-ring (bicyclic) bond motifs is 2. The Morgan fingerprint density at radius 3 is 2.61 bits per heavy atom. The summed E-state index contributed by atoms with van der Waals surface area (Å²) >= 11 is 1.38. The van der Waals surface area contributed by atoms with Crippen LogP contribution in [0.3, 0.4) is 0 Å². The summed E-state index contributed by atoms with van der Waals surface area (Å²) in [6.45, 7) is 5.67. The number of hydrogen-bond acceptors (Lipinski definition) is 6. The predicted molar refractivity (Wildman–Crippen MR) is 132 cm³/mol. The number of benzene rings is 1. The van der Waals surface area contributed by atoms with Crippen LogP contribution in [0.5, 0.6) is 5.75 Å². The van der Waals surface area contributed by atoms with Crippen LogP contribution in [0.1, 0.15) is 46.7 Å². The molecular weight excluding hydrogens is 436 g/mol. The van der Waals surface area contributed by atoms with Crippen molar-refractivity contribution < 1.29 is 9.53 Å². The van der Waals surface area contributed by atoms with Gasteiger partial charge in [-0.15, -0.1) is 11.3 Å². The van der Waals surface area contributed by atoms with Crippen molar-refractivity contribution in [1.82, 2.24) is 14.5 Å². The van der Waals surface area contributed by atoms with Gasteiger partial charge in [-0.1, -0.05) is 6.42 Å². The van der Waals surface area contributed by atoms with Crippen LogP contribution < -0.4 is 15.2 Å². The second-order valence-electron chi connectivity index (χ2n) is 8.86. The number of carbonyl (C=O) groups excluding carboxylic acids is 1. The zero-order valence-corrected chi connectivity index (χ0v) is 20.1. The summed E-state index contributed by atoms with van der Waals surface area (Å²) in [7, 11) is 1.67. The summed E-state index contributed by atoms with van der Waals surface area (Å²) in [5.74, 6) is 1.73. The maximum absolute atomic E-state index is 13.5. The zero-order valence-electron chi connectivity index (χ0n) is 19.3. The van der Waals surface area contributed by atoms with E-state index in [0.29, 0.717) is 28.2 Å². The van der Waals surface area contributed by atoms with Gasteiger partial charge in [0.15, 0.2) is 0 Å². The molecule has 5 rings (SSSR count). The van der Waals surface area contributed by atoms with E-state index in [1.165, 1.54) is 11.3 Å². The lowest BCUT2D eigenvalue weighted by molar-refractivity contribution is 0.0771. The van der Waals surface area contributed by atoms with Crippen LogP contribution >= 0.6 is 11.3 Å². The van der Waals surface area contributed by atoms with Crippen molar-refractivity contribution in [2.24, 2.45) is 0 Å². The van der Waals surface area contributed by atoms with Gasteiger partial charge in [-0.3, -0.25) is 14.2 Å². The molecule has 2 aromatic heterocycles. The fourth-order valence-electron chi connectivity index (χ4n) is 4.93. The van der Waals surface area contributed by atoms with Gasteiger partial charge >= 0.3 is 0 Å². The third-order valence-corrected chi connectivity index (χ3v) is 8.00. The maximum atomic E-state index is 13.5. The highest BCUT2D eigenvalue weighted by Crippen LogP contribution is 2.30. The smallest absolute Gasteiger partial charge is 0.264 e. The Morgan fingerprint density at radius 2 is 1.82 bits per heavy atom. The Kier molecular flexibility index (Phi) is 6.10. The third-order valence-electron chi connectivity index (χ3n) is 6.83. The van der Waals surface area contributed by atoms with E-state index >= 15 is 0 Å². The van der Waals surface area contributed by atoms with Crippen molar-refractivity contribution in [3.05, 3.63) is 50.9 Å². The van der Waals surface area contributed by atoms with Gasteiger partial charge < -0.3 is 14.5 Å². The number of nitrogens with zero attached hydrogens (tertiary/aromatic N) is 4. The Labute approximate surface area is 197 Å². The van der Waals surface area contributed by atoms with Gasteiger partial charge in [0.25, 0.3) is 11.5 Å². The van der Waals surface area contributed by atoms with E-state index in [-0.39, 0.29) is 11.5 Å². The molecule has 0 bridgehead atoms. The monoisotopic (exact) mass is 466 g/mol. The number of carbonyl (C=O) groups is 1. The summed E-state index contributed by atoms with van der Waals surface area (Å²) in [5.41, 5.74) is 1.95. The number of anilines is 1. The Morgan fingerprint density at radius 1 is 1.00 bits per heavy atom. The van der Waals surface area contributed by atoms with Gasteiger partial charge in [0.05, 0.1) is 17.4 Å². The second-order valence-corrected chi connectivity index (χ2v) is 9.86. The van der Waals surface area contributed by atoms with Crippen molar-refractivity contribution in [2.75, 3.05) is 38.2 Å². The average molecular weight is 467 g/mol.